The number of aromatic nitrogens is 4. The van der Waals surface area contributed by atoms with Gasteiger partial charge in [-0.05, 0) is 61.4 Å². The van der Waals surface area contributed by atoms with Crippen molar-refractivity contribution in [2.45, 2.75) is 32.2 Å². The highest BCUT2D eigenvalue weighted by atomic mass is 19.1. The molecule has 0 unspecified atom stereocenters. The molecule has 2 aliphatic rings. The third-order valence-electron chi connectivity index (χ3n) is 7.62. The molecule has 1 fully saturated rings. The number of nitrogens with two attached hydrogens (primary N) is 1. The normalized spacial score (nSPS) is 19.1. The zero-order valence-corrected chi connectivity index (χ0v) is 19.3. The number of pyridine rings is 1. The van der Waals surface area contributed by atoms with E-state index >= 15 is 0 Å². The quantitative estimate of drug-likeness (QED) is 0.498. The number of para-hydroxylation sites is 1. The maximum absolute atomic E-state index is 14.4. The Morgan fingerprint density at radius 3 is 2.71 bits per heavy atom. The molecule has 4 aromatic rings. The van der Waals surface area contributed by atoms with Crippen molar-refractivity contribution in [1.82, 2.24) is 19.6 Å². The minimum Gasteiger partial charge on any atom is -0.493 e. The summed E-state index contributed by atoms with van der Waals surface area (Å²) in [5.74, 6) is 0.680. The maximum atomic E-state index is 14.4. The number of methoxy groups -OCH3 is 1. The number of hydrogen-bond donors (Lipinski definition) is 1. The van der Waals surface area contributed by atoms with E-state index in [1.807, 2.05) is 35.8 Å². The SMILES string of the molecule is COc1c(F)cccc1-c1c(C)nc(N2CCC3(CC2)Cc2ncccc2[C@H]3N)c2ccnn12. The second-order valence-corrected chi connectivity index (χ2v) is 9.36. The monoisotopic (exact) mass is 458 g/mol. The van der Waals surface area contributed by atoms with Crippen molar-refractivity contribution in [1.29, 1.82) is 0 Å². The Hall–Kier alpha value is -3.52. The van der Waals surface area contributed by atoms with E-state index in [4.69, 9.17) is 15.5 Å². The van der Waals surface area contributed by atoms with Gasteiger partial charge in [0.25, 0.3) is 0 Å². The summed E-state index contributed by atoms with van der Waals surface area (Å²) in [5, 5.41) is 4.57. The highest BCUT2D eigenvalue weighted by molar-refractivity contribution is 5.78. The van der Waals surface area contributed by atoms with Crippen LogP contribution in [-0.2, 0) is 6.42 Å². The molecule has 1 atom stereocenters. The van der Waals surface area contributed by atoms with Crippen molar-refractivity contribution in [3.63, 3.8) is 0 Å². The van der Waals surface area contributed by atoms with Gasteiger partial charge >= 0.3 is 0 Å². The number of nitrogens with zero attached hydrogens (tertiary/aromatic N) is 5. The van der Waals surface area contributed by atoms with Crippen LogP contribution in [0.25, 0.3) is 16.8 Å². The summed E-state index contributed by atoms with van der Waals surface area (Å²) in [4.78, 5) is 11.9. The fourth-order valence-corrected chi connectivity index (χ4v) is 5.82. The fraction of sp³-hybridized carbons (Fsp3) is 0.346. The van der Waals surface area contributed by atoms with E-state index in [1.54, 1.807) is 12.3 Å². The molecule has 1 spiro atoms. The lowest BCUT2D eigenvalue weighted by atomic mass is 9.73. The molecule has 1 aliphatic carbocycles. The molecule has 6 rings (SSSR count). The molecule has 34 heavy (non-hydrogen) atoms. The third kappa shape index (κ3) is 3.01. The van der Waals surface area contributed by atoms with Gasteiger partial charge in [-0.3, -0.25) is 4.98 Å². The molecule has 0 saturated carbocycles. The summed E-state index contributed by atoms with van der Waals surface area (Å²) >= 11 is 0. The Morgan fingerprint density at radius 1 is 1.12 bits per heavy atom. The Morgan fingerprint density at radius 2 is 1.94 bits per heavy atom. The van der Waals surface area contributed by atoms with Crippen molar-refractivity contribution >= 4 is 11.3 Å². The lowest BCUT2D eigenvalue weighted by molar-refractivity contribution is 0.187. The largest absolute Gasteiger partial charge is 0.493 e. The average molecular weight is 459 g/mol. The molecular formula is C26H27FN6O. The number of halogens is 1. The molecule has 174 valence electrons. The van der Waals surface area contributed by atoms with Gasteiger partial charge in [0, 0.05) is 36.6 Å². The van der Waals surface area contributed by atoms with Crippen LogP contribution < -0.4 is 15.4 Å². The topological polar surface area (TPSA) is 81.6 Å². The number of rotatable bonds is 3. The molecule has 1 aromatic carbocycles. The van der Waals surface area contributed by atoms with E-state index in [-0.39, 0.29) is 17.2 Å². The van der Waals surface area contributed by atoms with E-state index in [0.717, 1.165) is 60.8 Å². The van der Waals surface area contributed by atoms with Crippen molar-refractivity contribution < 1.29 is 9.13 Å². The van der Waals surface area contributed by atoms with Crippen molar-refractivity contribution in [2.24, 2.45) is 11.1 Å². The predicted octanol–water partition coefficient (Wildman–Crippen LogP) is 4.09. The summed E-state index contributed by atoms with van der Waals surface area (Å²) in [6.07, 6.45) is 6.51. The molecule has 8 heteroatoms. The average Bonchev–Trinajstić information content (AvgIpc) is 3.43. The van der Waals surface area contributed by atoms with Crippen molar-refractivity contribution in [2.75, 3.05) is 25.1 Å². The first-order valence-corrected chi connectivity index (χ1v) is 11.6. The van der Waals surface area contributed by atoms with Gasteiger partial charge in [-0.1, -0.05) is 12.1 Å². The zero-order chi connectivity index (χ0) is 23.4. The van der Waals surface area contributed by atoms with Crippen LogP contribution in [0, 0.1) is 18.2 Å². The first-order valence-electron chi connectivity index (χ1n) is 11.6. The van der Waals surface area contributed by atoms with Gasteiger partial charge in [0.1, 0.15) is 5.52 Å². The number of piperidine rings is 1. The highest BCUT2D eigenvalue weighted by Crippen LogP contribution is 2.50. The van der Waals surface area contributed by atoms with Crippen molar-refractivity contribution in [3.8, 4) is 17.0 Å². The molecule has 2 N–H and O–H groups in total. The van der Waals surface area contributed by atoms with Crippen LogP contribution in [-0.4, -0.2) is 39.8 Å². The molecule has 3 aromatic heterocycles. The van der Waals surface area contributed by atoms with Crippen LogP contribution >= 0.6 is 0 Å². The Bertz CT molecular complexity index is 1390. The van der Waals surface area contributed by atoms with Crippen LogP contribution in [0.5, 0.6) is 5.75 Å². The first kappa shape index (κ1) is 21.0. The fourth-order valence-electron chi connectivity index (χ4n) is 5.82. The number of fused-ring (bicyclic) bond motifs is 2. The maximum Gasteiger partial charge on any atom is 0.165 e. The minimum atomic E-state index is -0.409. The van der Waals surface area contributed by atoms with E-state index in [2.05, 4.69) is 21.0 Å². The van der Waals surface area contributed by atoms with Gasteiger partial charge in [-0.15, -0.1) is 0 Å². The summed E-state index contributed by atoms with van der Waals surface area (Å²) in [5.41, 5.74) is 12.1. The lowest BCUT2D eigenvalue weighted by Crippen LogP contribution is -2.44. The third-order valence-corrected chi connectivity index (χ3v) is 7.62. The van der Waals surface area contributed by atoms with Crippen LogP contribution in [0.3, 0.4) is 0 Å². The molecule has 0 amide bonds. The van der Waals surface area contributed by atoms with Crippen LogP contribution in [0.4, 0.5) is 10.2 Å². The molecule has 0 bridgehead atoms. The summed E-state index contributed by atoms with van der Waals surface area (Å²) in [6.45, 7) is 3.65. The lowest BCUT2D eigenvalue weighted by Gasteiger charge is -2.42. The summed E-state index contributed by atoms with van der Waals surface area (Å²) < 4.78 is 21.7. The number of aryl methyl sites for hydroxylation is 1. The number of anilines is 1. The van der Waals surface area contributed by atoms with Gasteiger partial charge in [-0.25, -0.2) is 13.9 Å². The first-order chi connectivity index (χ1) is 16.5. The Balaban J connectivity index is 1.35. The standard InChI is InChI=1S/C26H27FN6O/c1-16-22(18-5-3-7-19(27)23(18)34-2)33-21(8-12-30-33)25(31-16)32-13-9-26(10-14-32)15-20-17(24(26)28)6-4-11-29-20/h3-8,11-12,24H,9-10,13-15,28H2,1-2H3/t24-/m1/s1. The predicted molar refractivity (Wildman–Crippen MR) is 128 cm³/mol. The van der Waals surface area contributed by atoms with Gasteiger partial charge < -0.3 is 15.4 Å². The van der Waals surface area contributed by atoms with Crippen LogP contribution in [0.2, 0.25) is 0 Å². The van der Waals surface area contributed by atoms with E-state index in [9.17, 15) is 4.39 Å². The molecule has 0 radical (unpaired) electrons. The molecule has 1 saturated heterocycles. The van der Waals surface area contributed by atoms with Crippen LogP contribution in [0.15, 0.2) is 48.8 Å². The smallest absolute Gasteiger partial charge is 0.165 e. The van der Waals surface area contributed by atoms with E-state index < -0.39 is 5.82 Å². The van der Waals surface area contributed by atoms with Crippen LogP contribution in [0.1, 0.15) is 35.8 Å². The number of benzene rings is 1. The molecular weight excluding hydrogens is 431 g/mol. The zero-order valence-electron chi connectivity index (χ0n) is 19.3. The van der Waals surface area contributed by atoms with Crippen molar-refractivity contribution in [3.05, 3.63) is 71.6 Å². The Labute approximate surface area is 197 Å². The second kappa shape index (κ2) is 7.77. The molecule has 4 heterocycles. The van der Waals surface area contributed by atoms with Gasteiger partial charge in [0.15, 0.2) is 17.4 Å². The van der Waals surface area contributed by atoms with Gasteiger partial charge in [-0.2, -0.15) is 5.10 Å². The summed E-state index contributed by atoms with van der Waals surface area (Å²) in [7, 11) is 1.48. The molecule has 1 aliphatic heterocycles. The number of hydrogen-bond acceptors (Lipinski definition) is 6. The van der Waals surface area contributed by atoms with Gasteiger partial charge in [0.05, 0.1) is 24.7 Å². The highest BCUT2D eigenvalue weighted by Gasteiger charge is 2.46. The molecule has 7 nitrogen and oxygen atoms in total. The number of ether oxygens (including phenoxy) is 1. The second-order valence-electron chi connectivity index (χ2n) is 9.36. The Kier molecular flexibility index (Phi) is 4.81. The van der Waals surface area contributed by atoms with E-state index in [0.29, 0.717) is 5.56 Å². The minimum absolute atomic E-state index is 0.0193. The summed E-state index contributed by atoms with van der Waals surface area (Å²) in [6, 6.07) is 11.0. The van der Waals surface area contributed by atoms with Gasteiger partial charge in [0.2, 0.25) is 0 Å². The van der Waals surface area contributed by atoms with E-state index in [1.165, 1.54) is 18.7 Å².